The van der Waals surface area contributed by atoms with Crippen molar-refractivity contribution in [3.05, 3.63) is 27.7 Å². The minimum atomic E-state index is -3.82. The van der Waals surface area contributed by atoms with E-state index in [2.05, 4.69) is 0 Å². The van der Waals surface area contributed by atoms with Crippen molar-refractivity contribution in [1.29, 1.82) is 0 Å². The van der Waals surface area contributed by atoms with Crippen LogP contribution >= 0.6 is 35.0 Å². The molecule has 2 saturated heterocycles. The van der Waals surface area contributed by atoms with Crippen molar-refractivity contribution in [3.63, 3.8) is 0 Å². The predicted octanol–water partition coefficient (Wildman–Crippen LogP) is 2.76. The number of rotatable bonds is 3. The maximum Gasteiger partial charge on any atom is 0.289 e. The number of benzene rings is 1. The average Bonchev–Trinajstić information content (AvgIpc) is 3.10. The molecular weight excluding hydrogens is 395 g/mol. The number of halogens is 2. The molecule has 2 aliphatic rings. The van der Waals surface area contributed by atoms with Crippen LogP contribution in [0.15, 0.2) is 17.0 Å². The first-order valence-corrected chi connectivity index (χ1v) is 10.3. The molecule has 2 aliphatic heterocycles. The van der Waals surface area contributed by atoms with Crippen molar-refractivity contribution in [2.45, 2.75) is 24.3 Å². The molecule has 2 heterocycles. The van der Waals surface area contributed by atoms with Crippen LogP contribution in [0.25, 0.3) is 0 Å². The van der Waals surface area contributed by atoms with Crippen molar-refractivity contribution in [3.8, 4) is 0 Å². The maximum atomic E-state index is 12.8. The van der Waals surface area contributed by atoms with E-state index >= 15 is 0 Å². The fraction of sp³-hybridized carbons (Fsp3) is 0.429. The number of imide groups is 1. The lowest BCUT2D eigenvalue weighted by atomic mass is 10.2. The van der Waals surface area contributed by atoms with Crippen LogP contribution < -0.4 is 0 Å². The molecule has 2 fully saturated rings. The second-order valence-electron chi connectivity index (χ2n) is 5.66. The normalized spacial score (nSPS) is 22.6. The number of hydrogen-bond donors (Lipinski definition) is 0. The fourth-order valence-corrected chi connectivity index (χ4v) is 5.90. The van der Waals surface area contributed by atoms with Crippen LogP contribution in [0.3, 0.4) is 0 Å². The van der Waals surface area contributed by atoms with Gasteiger partial charge in [-0.3, -0.25) is 14.5 Å². The van der Waals surface area contributed by atoms with Crippen molar-refractivity contribution >= 4 is 56.1 Å². The molecule has 0 bridgehead atoms. The molecule has 10 heteroatoms. The van der Waals surface area contributed by atoms with E-state index in [9.17, 15) is 18.0 Å². The van der Waals surface area contributed by atoms with Crippen LogP contribution in [-0.4, -0.2) is 53.7 Å². The Bertz CT molecular complexity index is 812. The second kappa shape index (κ2) is 6.49. The minimum Gasteiger partial charge on any atom is -0.273 e. The Balaban J connectivity index is 1.86. The van der Waals surface area contributed by atoms with Crippen LogP contribution in [0.5, 0.6) is 0 Å². The third kappa shape index (κ3) is 3.06. The molecule has 0 aromatic heterocycles. The van der Waals surface area contributed by atoms with E-state index in [1.165, 1.54) is 21.3 Å². The molecule has 0 saturated carbocycles. The minimum absolute atomic E-state index is 0.0137. The van der Waals surface area contributed by atoms with Gasteiger partial charge in [0, 0.05) is 18.1 Å². The SMILES string of the molecule is Cc1cc(S(=O)(=O)N2CC[C@@H](N3C(=O)CSC3=O)C2)c(Cl)cc1Cl. The molecule has 6 nitrogen and oxygen atoms in total. The third-order valence-corrected chi connectivity index (χ3v) is 7.68. The standard InChI is InChI=1S/C14H14Cl2N2O4S2/c1-8-4-12(11(16)5-10(8)15)24(21,22)17-3-2-9(6-17)18-13(19)7-23-14(18)20/h4-5,9H,2-3,6-7H2,1H3/t9-/m1/s1. The Hall–Kier alpha value is -0.800. The summed E-state index contributed by atoms with van der Waals surface area (Å²) in [6.07, 6.45) is 0.418. The molecule has 3 rings (SSSR count). The van der Waals surface area contributed by atoms with Crippen LogP contribution in [-0.2, 0) is 14.8 Å². The first-order chi connectivity index (χ1) is 11.2. The van der Waals surface area contributed by atoms with E-state index in [0.717, 1.165) is 11.8 Å². The van der Waals surface area contributed by atoms with Crippen molar-refractivity contribution in [2.24, 2.45) is 0 Å². The summed E-state index contributed by atoms with van der Waals surface area (Å²) in [5.41, 5.74) is 0.608. The summed E-state index contributed by atoms with van der Waals surface area (Å²) in [4.78, 5) is 24.8. The topological polar surface area (TPSA) is 74.8 Å². The van der Waals surface area contributed by atoms with Crippen LogP contribution in [0, 0.1) is 6.92 Å². The van der Waals surface area contributed by atoms with Gasteiger partial charge in [-0.05, 0) is 31.0 Å². The number of amides is 2. The number of carbonyl (C=O) groups excluding carboxylic acids is 2. The zero-order valence-corrected chi connectivity index (χ0v) is 15.8. The summed E-state index contributed by atoms with van der Waals surface area (Å²) in [6.45, 7) is 2.01. The quantitative estimate of drug-likeness (QED) is 0.768. The summed E-state index contributed by atoms with van der Waals surface area (Å²) >= 11 is 13.0. The number of aryl methyl sites for hydroxylation is 1. The van der Waals surface area contributed by atoms with E-state index in [1.807, 2.05) is 0 Å². The molecule has 0 unspecified atom stereocenters. The molecule has 1 atom stereocenters. The van der Waals surface area contributed by atoms with Gasteiger partial charge in [0.2, 0.25) is 15.9 Å². The Morgan fingerprint density at radius 1 is 1.21 bits per heavy atom. The number of nitrogens with zero attached hydrogens (tertiary/aromatic N) is 2. The van der Waals surface area contributed by atoms with E-state index < -0.39 is 16.1 Å². The van der Waals surface area contributed by atoms with Gasteiger partial charge in [0.05, 0.1) is 16.8 Å². The van der Waals surface area contributed by atoms with E-state index in [-0.39, 0.29) is 39.9 Å². The number of carbonyl (C=O) groups is 2. The summed E-state index contributed by atoms with van der Waals surface area (Å²) in [5, 5.41) is 0.131. The van der Waals surface area contributed by atoms with Gasteiger partial charge in [-0.25, -0.2) is 8.42 Å². The number of thioether (sulfide) groups is 1. The van der Waals surface area contributed by atoms with Gasteiger partial charge >= 0.3 is 0 Å². The van der Waals surface area contributed by atoms with Crippen LogP contribution in [0.2, 0.25) is 10.0 Å². The lowest BCUT2D eigenvalue weighted by Gasteiger charge is -2.22. The first kappa shape index (κ1) is 18.0. The third-order valence-electron chi connectivity index (χ3n) is 4.11. The van der Waals surface area contributed by atoms with Crippen molar-refractivity contribution < 1.29 is 18.0 Å². The molecule has 0 aliphatic carbocycles. The zero-order valence-electron chi connectivity index (χ0n) is 12.7. The molecule has 0 spiro atoms. The molecule has 2 amide bonds. The zero-order chi connectivity index (χ0) is 17.6. The summed E-state index contributed by atoms with van der Waals surface area (Å²) < 4.78 is 27.0. The van der Waals surface area contributed by atoms with Crippen LogP contribution in [0.1, 0.15) is 12.0 Å². The highest BCUT2D eigenvalue weighted by Gasteiger charge is 2.42. The molecule has 130 valence electrons. The largest absolute Gasteiger partial charge is 0.289 e. The first-order valence-electron chi connectivity index (χ1n) is 7.16. The Kier molecular flexibility index (Phi) is 4.87. The van der Waals surface area contributed by atoms with Crippen LogP contribution in [0.4, 0.5) is 4.79 Å². The lowest BCUT2D eigenvalue weighted by molar-refractivity contribution is -0.126. The van der Waals surface area contributed by atoms with Gasteiger partial charge < -0.3 is 0 Å². The van der Waals surface area contributed by atoms with E-state index in [1.54, 1.807) is 6.92 Å². The van der Waals surface area contributed by atoms with E-state index in [4.69, 9.17) is 23.2 Å². The maximum absolute atomic E-state index is 12.8. The fourth-order valence-electron chi connectivity index (χ4n) is 2.82. The molecule has 0 N–H and O–H groups in total. The second-order valence-corrected chi connectivity index (χ2v) is 9.30. The Morgan fingerprint density at radius 3 is 2.54 bits per heavy atom. The molecule has 24 heavy (non-hydrogen) atoms. The highest BCUT2D eigenvalue weighted by molar-refractivity contribution is 8.14. The summed E-state index contributed by atoms with van der Waals surface area (Å²) in [6, 6.07) is 2.42. The Labute approximate surface area is 154 Å². The average molecular weight is 409 g/mol. The number of hydrogen-bond acceptors (Lipinski definition) is 5. The smallest absolute Gasteiger partial charge is 0.273 e. The van der Waals surface area contributed by atoms with Gasteiger partial charge in [-0.1, -0.05) is 35.0 Å². The molecule has 1 aromatic rings. The van der Waals surface area contributed by atoms with Gasteiger partial charge in [0.25, 0.3) is 5.24 Å². The van der Waals surface area contributed by atoms with Gasteiger partial charge in [-0.2, -0.15) is 4.31 Å². The lowest BCUT2D eigenvalue weighted by Crippen LogP contribution is -2.41. The van der Waals surface area contributed by atoms with Gasteiger partial charge in [0.1, 0.15) is 4.90 Å². The summed E-state index contributed by atoms with van der Waals surface area (Å²) in [7, 11) is -3.82. The molecule has 1 aromatic carbocycles. The molecule has 0 radical (unpaired) electrons. The summed E-state index contributed by atoms with van der Waals surface area (Å²) in [5.74, 6) is -0.154. The highest BCUT2D eigenvalue weighted by atomic mass is 35.5. The van der Waals surface area contributed by atoms with Gasteiger partial charge in [0.15, 0.2) is 0 Å². The predicted molar refractivity (Wildman–Crippen MR) is 93.1 cm³/mol. The Morgan fingerprint density at radius 2 is 1.92 bits per heavy atom. The van der Waals surface area contributed by atoms with Gasteiger partial charge in [-0.15, -0.1) is 0 Å². The molecular formula is C14H14Cl2N2O4S2. The van der Waals surface area contributed by atoms with E-state index in [0.29, 0.717) is 17.0 Å². The van der Waals surface area contributed by atoms with Crippen molar-refractivity contribution in [2.75, 3.05) is 18.8 Å². The van der Waals surface area contributed by atoms with Crippen molar-refractivity contribution in [1.82, 2.24) is 9.21 Å². The monoisotopic (exact) mass is 408 g/mol. The number of sulfonamides is 1. The highest BCUT2D eigenvalue weighted by Crippen LogP contribution is 2.33.